The van der Waals surface area contributed by atoms with Crippen molar-refractivity contribution in [2.24, 2.45) is 4.99 Å². The normalized spacial score (nSPS) is 18.3. The lowest BCUT2D eigenvalue weighted by atomic mass is 9.99. The summed E-state index contributed by atoms with van der Waals surface area (Å²) in [7, 11) is 0. The van der Waals surface area contributed by atoms with E-state index in [1.807, 2.05) is 68.4 Å². The van der Waals surface area contributed by atoms with E-state index in [9.17, 15) is 4.79 Å². The van der Waals surface area contributed by atoms with Gasteiger partial charge in [0.15, 0.2) is 5.79 Å². The minimum atomic E-state index is -0.582. The maximum Gasteiger partial charge on any atom is 0.257 e. The van der Waals surface area contributed by atoms with E-state index in [0.29, 0.717) is 36.6 Å². The number of amides is 1. The van der Waals surface area contributed by atoms with E-state index in [0.717, 1.165) is 22.5 Å². The van der Waals surface area contributed by atoms with Gasteiger partial charge in [-0.3, -0.25) is 9.79 Å². The molecule has 2 aliphatic heterocycles. The van der Waals surface area contributed by atoms with Crippen LogP contribution in [-0.2, 0) is 15.9 Å². The number of carbonyl (C=O) groups excluding carboxylic acids is 1. The number of aliphatic imine (C=N–C) groups is 1. The highest BCUT2D eigenvalue weighted by atomic mass is 16.7. The third-order valence-corrected chi connectivity index (χ3v) is 6.02. The molecule has 0 radical (unpaired) electrons. The van der Waals surface area contributed by atoms with Crippen LogP contribution < -0.4 is 10.1 Å². The largest absolute Gasteiger partial charge is 0.491 e. The zero-order valence-electron chi connectivity index (χ0n) is 19.6. The summed E-state index contributed by atoms with van der Waals surface area (Å²) in [6.45, 7) is 6.72. The molecule has 0 aliphatic carbocycles. The molecular weight excluding hydrogens is 428 g/mol. The maximum atomic E-state index is 13.2. The zero-order chi connectivity index (χ0) is 23.7. The first-order valence-corrected chi connectivity index (χ1v) is 11.5. The summed E-state index contributed by atoms with van der Waals surface area (Å²) in [6.07, 6.45) is 0.592. The van der Waals surface area contributed by atoms with Gasteiger partial charge in [-0.15, -0.1) is 0 Å². The van der Waals surface area contributed by atoms with Crippen LogP contribution in [0.2, 0.25) is 0 Å². The van der Waals surface area contributed by atoms with Crippen molar-refractivity contribution in [1.82, 2.24) is 0 Å². The van der Waals surface area contributed by atoms with Crippen LogP contribution in [0.25, 0.3) is 0 Å². The summed E-state index contributed by atoms with van der Waals surface area (Å²) < 4.78 is 17.2. The summed E-state index contributed by atoms with van der Waals surface area (Å²) in [5.74, 6) is -0.122. The maximum absolute atomic E-state index is 13.2. The number of benzene rings is 3. The second kappa shape index (κ2) is 9.05. The zero-order valence-corrected chi connectivity index (χ0v) is 19.6. The van der Waals surface area contributed by atoms with Crippen molar-refractivity contribution in [3.05, 3.63) is 89.0 Å². The number of nitrogens with one attached hydrogen (secondary N) is 1. The molecular formula is C28H28N2O4. The van der Waals surface area contributed by atoms with Crippen molar-refractivity contribution < 1.29 is 19.0 Å². The van der Waals surface area contributed by atoms with Gasteiger partial charge in [0.05, 0.1) is 23.6 Å². The molecule has 1 fully saturated rings. The molecule has 6 nitrogen and oxygen atoms in total. The molecule has 6 heteroatoms. The molecule has 0 spiro atoms. The second-order valence-electron chi connectivity index (χ2n) is 9.11. The number of fused-ring (bicyclic) bond motifs is 1. The molecule has 5 rings (SSSR count). The quantitative estimate of drug-likeness (QED) is 0.535. The minimum absolute atomic E-state index is 0.125. The fourth-order valence-electron chi connectivity index (χ4n) is 4.35. The minimum Gasteiger partial charge on any atom is -0.491 e. The van der Waals surface area contributed by atoms with Gasteiger partial charge in [-0.1, -0.05) is 42.5 Å². The molecule has 1 amide bonds. The smallest absolute Gasteiger partial charge is 0.257 e. The molecule has 174 valence electrons. The van der Waals surface area contributed by atoms with E-state index in [4.69, 9.17) is 19.2 Å². The van der Waals surface area contributed by atoms with Crippen LogP contribution in [0, 0.1) is 6.92 Å². The number of aryl methyl sites for hydroxylation is 1. The molecule has 1 unspecified atom stereocenters. The van der Waals surface area contributed by atoms with E-state index in [2.05, 4.69) is 24.4 Å². The lowest BCUT2D eigenvalue weighted by Gasteiger charge is -2.17. The first kappa shape index (κ1) is 22.3. The number of para-hydroxylation sites is 1. The fraction of sp³-hybridized carbons (Fsp3) is 0.286. The van der Waals surface area contributed by atoms with Gasteiger partial charge in [-0.05, 0) is 55.7 Å². The molecule has 2 aliphatic rings. The molecule has 0 saturated carbocycles. The molecule has 3 aromatic rings. The molecule has 34 heavy (non-hydrogen) atoms. The highest BCUT2D eigenvalue weighted by molar-refractivity contribution is 6.13. The number of anilines is 1. The lowest BCUT2D eigenvalue weighted by Crippen LogP contribution is -2.25. The summed E-state index contributed by atoms with van der Waals surface area (Å²) in [5.41, 5.74) is 6.31. The molecule has 0 bridgehead atoms. The molecule has 1 saturated heterocycles. The lowest BCUT2D eigenvalue weighted by molar-refractivity contribution is -0.141. The molecule has 0 aromatic heterocycles. The van der Waals surface area contributed by atoms with Crippen LogP contribution in [0.3, 0.4) is 0 Å². The van der Waals surface area contributed by atoms with Crippen LogP contribution in [0.4, 0.5) is 11.4 Å². The number of carbonyl (C=O) groups is 1. The summed E-state index contributed by atoms with van der Waals surface area (Å²) in [4.78, 5) is 18.0. The second-order valence-corrected chi connectivity index (χ2v) is 9.11. The van der Waals surface area contributed by atoms with Gasteiger partial charge in [0.25, 0.3) is 5.91 Å². The Morgan fingerprint density at radius 2 is 1.94 bits per heavy atom. The van der Waals surface area contributed by atoms with Gasteiger partial charge < -0.3 is 19.5 Å². The predicted molar refractivity (Wildman–Crippen MR) is 132 cm³/mol. The van der Waals surface area contributed by atoms with Crippen molar-refractivity contribution in [3.8, 4) is 5.75 Å². The Balaban J connectivity index is 1.29. The van der Waals surface area contributed by atoms with Crippen LogP contribution in [-0.4, -0.2) is 36.7 Å². The summed E-state index contributed by atoms with van der Waals surface area (Å²) in [5, 5.41) is 2.99. The fourth-order valence-corrected chi connectivity index (χ4v) is 4.35. The van der Waals surface area contributed by atoms with E-state index < -0.39 is 5.79 Å². The van der Waals surface area contributed by atoms with Crippen LogP contribution in [0.5, 0.6) is 5.75 Å². The Kier molecular flexibility index (Phi) is 5.94. The number of ether oxygens (including phenoxy) is 3. The third kappa shape index (κ3) is 4.74. The summed E-state index contributed by atoms with van der Waals surface area (Å²) >= 11 is 0. The first-order chi connectivity index (χ1) is 16.4. The van der Waals surface area contributed by atoms with Crippen molar-refractivity contribution in [3.63, 3.8) is 0 Å². The first-order valence-electron chi connectivity index (χ1n) is 11.5. The highest BCUT2D eigenvalue weighted by Crippen LogP contribution is 2.34. The Labute approximate surface area is 199 Å². The van der Waals surface area contributed by atoms with Gasteiger partial charge >= 0.3 is 0 Å². The average molecular weight is 457 g/mol. The van der Waals surface area contributed by atoms with E-state index >= 15 is 0 Å². The monoisotopic (exact) mass is 456 g/mol. The van der Waals surface area contributed by atoms with E-state index in [1.165, 1.54) is 5.56 Å². The van der Waals surface area contributed by atoms with Crippen LogP contribution >= 0.6 is 0 Å². The highest BCUT2D eigenvalue weighted by Gasteiger charge is 2.33. The van der Waals surface area contributed by atoms with Crippen molar-refractivity contribution in [2.75, 3.05) is 18.5 Å². The van der Waals surface area contributed by atoms with Crippen molar-refractivity contribution in [1.29, 1.82) is 0 Å². The van der Waals surface area contributed by atoms with Crippen molar-refractivity contribution >= 4 is 23.0 Å². The molecule has 1 atom stereocenters. The molecule has 3 aromatic carbocycles. The predicted octanol–water partition coefficient (Wildman–Crippen LogP) is 5.45. The van der Waals surface area contributed by atoms with Gasteiger partial charge in [0.1, 0.15) is 18.5 Å². The Bertz CT molecular complexity index is 1260. The number of rotatable bonds is 6. The van der Waals surface area contributed by atoms with Crippen LogP contribution in [0.15, 0.2) is 71.7 Å². The van der Waals surface area contributed by atoms with E-state index in [1.54, 1.807) is 0 Å². The standard InChI is InChI=1S/C28H28N2O4/c1-18-8-4-5-12-23(18)25-14-19-9-6-13-24(26(19)30-25)27(31)29-20-10-7-11-21(15-20)32-16-22-17-33-28(2,3)34-22/h4-13,15,22H,14,16-17H2,1-3H3,(H,29,31). The van der Waals surface area contributed by atoms with Crippen molar-refractivity contribution in [2.45, 2.75) is 39.1 Å². The Morgan fingerprint density at radius 3 is 2.74 bits per heavy atom. The topological polar surface area (TPSA) is 69.2 Å². The van der Waals surface area contributed by atoms with Gasteiger partial charge in [-0.25, -0.2) is 0 Å². The van der Waals surface area contributed by atoms with Crippen LogP contribution in [0.1, 0.15) is 40.9 Å². The Morgan fingerprint density at radius 1 is 1.12 bits per heavy atom. The Hall–Kier alpha value is -3.48. The molecule has 1 N–H and O–H groups in total. The number of hydrogen-bond donors (Lipinski definition) is 1. The third-order valence-electron chi connectivity index (χ3n) is 6.02. The van der Waals surface area contributed by atoms with Gasteiger partial charge in [0.2, 0.25) is 0 Å². The van der Waals surface area contributed by atoms with Gasteiger partial charge in [-0.2, -0.15) is 0 Å². The SMILES string of the molecule is Cc1ccccc1C1=Nc2c(cccc2C(=O)Nc2cccc(OCC3COC(C)(C)O3)c2)C1. The number of nitrogens with zero attached hydrogens (tertiary/aromatic N) is 1. The summed E-state index contributed by atoms with van der Waals surface area (Å²) in [6, 6.07) is 21.3. The van der Waals surface area contributed by atoms with E-state index in [-0.39, 0.29) is 12.0 Å². The number of hydrogen-bond acceptors (Lipinski definition) is 5. The average Bonchev–Trinajstić information content (AvgIpc) is 3.40. The molecule has 2 heterocycles. The van der Waals surface area contributed by atoms with Gasteiger partial charge in [0, 0.05) is 18.2 Å².